The van der Waals surface area contributed by atoms with E-state index in [-0.39, 0.29) is 0 Å². The highest BCUT2D eigenvalue weighted by Crippen LogP contribution is 2.26. The van der Waals surface area contributed by atoms with Crippen molar-refractivity contribution in [1.82, 2.24) is 4.90 Å². The molecule has 0 spiro atoms. The van der Waals surface area contributed by atoms with Crippen molar-refractivity contribution < 1.29 is 5.11 Å². The molecule has 1 aliphatic rings. The van der Waals surface area contributed by atoms with Crippen LogP contribution in [-0.2, 0) is 6.42 Å². The second-order valence-electron chi connectivity index (χ2n) is 4.98. The van der Waals surface area contributed by atoms with Crippen LogP contribution in [0.4, 0.5) is 0 Å². The lowest BCUT2D eigenvalue weighted by atomic mass is 9.85. The monoisotopic (exact) mass is 231 g/mol. The normalized spacial score (nSPS) is 20.1. The lowest BCUT2D eigenvalue weighted by Crippen LogP contribution is -2.45. The molecule has 1 aliphatic heterocycles. The number of hydrogen-bond donors (Lipinski definition) is 1. The molecule has 2 nitrogen and oxygen atoms in total. The van der Waals surface area contributed by atoms with E-state index in [1.165, 1.54) is 5.56 Å². The van der Waals surface area contributed by atoms with Gasteiger partial charge >= 0.3 is 0 Å². The van der Waals surface area contributed by atoms with Crippen LogP contribution < -0.4 is 0 Å². The van der Waals surface area contributed by atoms with E-state index in [4.69, 9.17) is 0 Å². The molecule has 0 aromatic heterocycles. The molecule has 2 rings (SSSR count). The van der Waals surface area contributed by atoms with Gasteiger partial charge in [0.15, 0.2) is 0 Å². The van der Waals surface area contributed by atoms with Gasteiger partial charge in [0.25, 0.3) is 0 Å². The maximum absolute atomic E-state index is 10.6. The minimum absolute atomic E-state index is 0.515. The van der Waals surface area contributed by atoms with E-state index in [0.717, 1.165) is 38.9 Å². The minimum Gasteiger partial charge on any atom is -0.389 e. The van der Waals surface area contributed by atoms with Gasteiger partial charge < -0.3 is 5.11 Å². The van der Waals surface area contributed by atoms with E-state index < -0.39 is 5.60 Å². The van der Waals surface area contributed by atoms with E-state index in [0.29, 0.717) is 0 Å². The van der Waals surface area contributed by atoms with Crippen molar-refractivity contribution in [1.29, 1.82) is 0 Å². The van der Waals surface area contributed by atoms with Gasteiger partial charge in [0.2, 0.25) is 0 Å². The van der Waals surface area contributed by atoms with Gasteiger partial charge in [-0.3, -0.25) is 4.90 Å². The van der Waals surface area contributed by atoms with Gasteiger partial charge in [-0.1, -0.05) is 36.4 Å². The molecule has 1 aromatic carbocycles. The van der Waals surface area contributed by atoms with E-state index in [9.17, 15) is 5.11 Å². The molecule has 0 unspecified atom stereocenters. The van der Waals surface area contributed by atoms with E-state index >= 15 is 0 Å². The summed E-state index contributed by atoms with van der Waals surface area (Å²) in [6.45, 7) is 6.62. The van der Waals surface area contributed by atoms with Crippen LogP contribution in [0.3, 0.4) is 0 Å². The van der Waals surface area contributed by atoms with E-state index in [2.05, 4.69) is 23.6 Å². The Labute approximate surface area is 104 Å². The first kappa shape index (κ1) is 12.3. The number of hydrogen-bond acceptors (Lipinski definition) is 2. The maximum Gasteiger partial charge on any atom is 0.0712 e. The number of benzene rings is 1. The standard InChI is InChI=1S/C15H21NO/c1-2-10-16-11-8-15(17,9-12-16)13-14-6-4-3-5-7-14/h2-7,17H,1,8-13H2. The molecule has 1 heterocycles. The van der Waals surface area contributed by atoms with Crippen molar-refractivity contribution in [2.45, 2.75) is 24.9 Å². The highest BCUT2D eigenvalue weighted by molar-refractivity contribution is 5.17. The Morgan fingerprint density at radius 3 is 2.47 bits per heavy atom. The van der Waals surface area contributed by atoms with Crippen molar-refractivity contribution in [2.24, 2.45) is 0 Å². The molecule has 0 atom stereocenters. The Balaban J connectivity index is 1.91. The summed E-state index contributed by atoms with van der Waals surface area (Å²) in [7, 11) is 0. The SMILES string of the molecule is C=CCN1CCC(O)(Cc2ccccc2)CC1. The van der Waals surface area contributed by atoms with Crippen LogP contribution >= 0.6 is 0 Å². The largest absolute Gasteiger partial charge is 0.389 e. The number of rotatable bonds is 4. The molecule has 0 radical (unpaired) electrons. The molecular weight excluding hydrogens is 210 g/mol. The smallest absolute Gasteiger partial charge is 0.0712 e. The highest BCUT2D eigenvalue weighted by atomic mass is 16.3. The van der Waals surface area contributed by atoms with Crippen molar-refractivity contribution >= 4 is 0 Å². The van der Waals surface area contributed by atoms with Crippen LogP contribution in [-0.4, -0.2) is 35.2 Å². The Morgan fingerprint density at radius 1 is 1.24 bits per heavy atom. The maximum atomic E-state index is 10.6. The first-order chi connectivity index (χ1) is 8.22. The fraction of sp³-hybridized carbons (Fsp3) is 0.467. The quantitative estimate of drug-likeness (QED) is 0.803. The number of aliphatic hydroxyl groups is 1. The molecule has 1 fully saturated rings. The fourth-order valence-electron chi connectivity index (χ4n) is 2.49. The second-order valence-corrected chi connectivity index (χ2v) is 4.98. The van der Waals surface area contributed by atoms with Crippen molar-refractivity contribution in [3.63, 3.8) is 0 Å². The van der Waals surface area contributed by atoms with Crippen LogP contribution in [0.5, 0.6) is 0 Å². The first-order valence-corrected chi connectivity index (χ1v) is 6.31. The van der Waals surface area contributed by atoms with Gasteiger partial charge in [-0.15, -0.1) is 6.58 Å². The molecule has 17 heavy (non-hydrogen) atoms. The van der Waals surface area contributed by atoms with Crippen LogP contribution in [0.25, 0.3) is 0 Å². The molecular formula is C15H21NO. The summed E-state index contributed by atoms with van der Waals surface area (Å²) < 4.78 is 0. The van der Waals surface area contributed by atoms with Gasteiger partial charge in [0.05, 0.1) is 5.60 Å². The van der Waals surface area contributed by atoms with Gasteiger partial charge in [-0.25, -0.2) is 0 Å². The summed E-state index contributed by atoms with van der Waals surface area (Å²) in [5.74, 6) is 0. The molecule has 1 N–H and O–H groups in total. The topological polar surface area (TPSA) is 23.5 Å². The Kier molecular flexibility index (Phi) is 3.97. The third kappa shape index (κ3) is 3.42. The molecule has 2 heteroatoms. The van der Waals surface area contributed by atoms with Gasteiger partial charge in [0.1, 0.15) is 0 Å². The van der Waals surface area contributed by atoms with E-state index in [1.54, 1.807) is 0 Å². The molecule has 0 amide bonds. The third-order valence-corrected chi connectivity index (χ3v) is 3.55. The molecule has 0 saturated carbocycles. The van der Waals surface area contributed by atoms with Crippen molar-refractivity contribution in [3.8, 4) is 0 Å². The Bertz CT molecular complexity index is 352. The minimum atomic E-state index is -0.515. The molecule has 1 saturated heterocycles. The zero-order valence-electron chi connectivity index (χ0n) is 10.3. The van der Waals surface area contributed by atoms with Gasteiger partial charge in [-0.05, 0) is 18.4 Å². The summed E-state index contributed by atoms with van der Waals surface area (Å²) >= 11 is 0. The summed E-state index contributed by atoms with van der Waals surface area (Å²) in [5, 5.41) is 10.6. The summed E-state index contributed by atoms with van der Waals surface area (Å²) in [6.07, 6.45) is 4.42. The molecule has 92 valence electrons. The number of nitrogens with zero attached hydrogens (tertiary/aromatic N) is 1. The van der Waals surface area contributed by atoms with Gasteiger partial charge in [0, 0.05) is 26.1 Å². The summed E-state index contributed by atoms with van der Waals surface area (Å²) in [5.41, 5.74) is 0.714. The lowest BCUT2D eigenvalue weighted by Gasteiger charge is -2.38. The second kappa shape index (κ2) is 5.48. The predicted octanol–water partition coefficient (Wildman–Crippen LogP) is 2.24. The van der Waals surface area contributed by atoms with Crippen LogP contribution in [0, 0.1) is 0 Å². The van der Waals surface area contributed by atoms with Crippen LogP contribution in [0.1, 0.15) is 18.4 Å². The zero-order chi connectivity index (χ0) is 12.1. The van der Waals surface area contributed by atoms with Gasteiger partial charge in [-0.2, -0.15) is 0 Å². The molecule has 0 aliphatic carbocycles. The number of piperidine rings is 1. The van der Waals surface area contributed by atoms with Crippen molar-refractivity contribution in [2.75, 3.05) is 19.6 Å². The zero-order valence-corrected chi connectivity index (χ0v) is 10.3. The van der Waals surface area contributed by atoms with Crippen LogP contribution in [0.2, 0.25) is 0 Å². The average molecular weight is 231 g/mol. The Morgan fingerprint density at radius 2 is 1.88 bits per heavy atom. The average Bonchev–Trinajstić information content (AvgIpc) is 2.34. The lowest BCUT2D eigenvalue weighted by molar-refractivity contribution is -0.0181. The van der Waals surface area contributed by atoms with Crippen molar-refractivity contribution in [3.05, 3.63) is 48.6 Å². The first-order valence-electron chi connectivity index (χ1n) is 6.31. The summed E-state index contributed by atoms with van der Waals surface area (Å²) in [4.78, 5) is 2.34. The fourth-order valence-corrected chi connectivity index (χ4v) is 2.49. The molecule has 1 aromatic rings. The highest BCUT2D eigenvalue weighted by Gasteiger charge is 2.31. The molecule has 0 bridgehead atoms. The van der Waals surface area contributed by atoms with Crippen LogP contribution in [0.15, 0.2) is 43.0 Å². The summed E-state index contributed by atoms with van der Waals surface area (Å²) in [6, 6.07) is 10.3. The Hall–Kier alpha value is -1.12. The third-order valence-electron chi connectivity index (χ3n) is 3.55. The predicted molar refractivity (Wildman–Crippen MR) is 71.0 cm³/mol. The van der Waals surface area contributed by atoms with E-state index in [1.807, 2.05) is 24.3 Å². The number of likely N-dealkylation sites (tertiary alicyclic amines) is 1.